The maximum atomic E-state index is 11.9. The third kappa shape index (κ3) is 2.26. The molecule has 1 aliphatic heterocycles. The summed E-state index contributed by atoms with van der Waals surface area (Å²) >= 11 is 0. The van der Waals surface area contributed by atoms with Crippen LogP contribution in [0.4, 0.5) is 0 Å². The predicted octanol–water partition coefficient (Wildman–Crippen LogP) is 0.624. The lowest BCUT2D eigenvalue weighted by Gasteiger charge is -2.08. The minimum Gasteiger partial charge on any atom is -0.335 e. The zero-order valence-corrected chi connectivity index (χ0v) is 9.07. The summed E-state index contributed by atoms with van der Waals surface area (Å²) in [5.74, 6) is 1.42. The summed E-state index contributed by atoms with van der Waals surface area (Å²) < 4.78 is 2.03. The number of Topliss-reactive ketones (excluding diaryl/α,β-unsaturated/α-hetero) is 1. The van der Waals surface area contributed by atoms with Gasteiger partial charge in [-0.2, -0.15) is 0 Å². The van der Waals surface area contributed by atoms with Gasteiger partial charge in [-0.3, -0.25) is 4.79 Å². The second kappa shape index (κ2) is 4.57. The molecule has 1 aromatic rings. The predicted molar refractivity (Wildman–Crippen MR) is 57.6 cm³/mol. The fourth-order valence-electron chi connectivity index (χ4n) is 2.02. The molecule has 0 aromatic carbocycles. The molecule has 0 radical (unpaired) electrons. The van der Waals surface area contributed by atoms with E-state index in [2.05, 4.69) is 17.2 Å². The van der Waals surface area contributed by atoms with E-state index in [0.29, 0.717) is 12.2 Å². The Labute approximate surface area is 89.7 Å². The highest BCUT2D eigenvalue weighted by atomic mass is 16.1. The van der Waals surface area contributed by atoms with E-state index in [0.717, 1.165) is 31.9 Å². The molecule has 0 saturated carbocycles. The minimum atomic E-state index is 0.201. The molecule has 2 heterocycles. The minimum absolute atomic E-state index is 0.201. The van der Waals surface area contributed by atoms with Crippen molar-refractivity contribution in [2.45, 2.75) is 26.3 Å². The Balaban J connectivity index is 1.98. The van der Waals surface area contributed by atoms with Crippen LogP contribution in [0.25, 0.3) is 0 Å². The number of ketones is 1. The maximum Gasteiger partial charge on any atom is 0.144 e. The van der Waals surface area contributed by atoms with Gasteiger partial charge >= 0.3 is 0 Å². The average molecular weight is 207 g/mol. The Morgan fingerprint density at radius 3 is 3.27 bits per heavy atom. The van der Waals surface area contributed by atoms with Gasteiger partial charge in [0.05, 0.1) is 6.42 Å². The number of rotatable bonds is 4. The monoisotopic (exact) mass is 207 g/mol. The number of nitrogens with one attached hydrogen (secondary N) is 1. The van der Waals surface area contributed by atoms with Crippen molar-refractivity contribution in [3.8, 4) is 0 Å². The molecule has 4 heteroatoms. The van der Waals surface area contributed by atoms with E-state index in [1.807, 2.05) is 10.8 Å². The van der Waals surface area contributed by atoms with Crippen LogP contribution in [0.2, 0.25) is 0 Å². The molecule has 0 aliphatic carbocycles. The third-order valence-corrected chi connectivity index (χ3v) is 2.99. The first kappa shape index (κ1) is 10.4. The van der Waals surface area contributed by atoms with Gasteiger partial charge in [0.2, 0.25) is 0 Å². The smallest absolute Gasteiger partial charge is 0.144 e. The van der Waals surface area contributed by atoms with Gasteiger partial charge in [-0.1, -0.05) is 0 Å². The highest BCUT2D eigenvalue weighted by molar-refractivity contribution is 5.83. The first-order valence-corrected chi connectivity index (χ1v) is 5.54. The van der Waals surface area contributed by atoms with Crippen LogP contribution in [0.3, 0.4) is 0 Å². The van der Waals surface area contributed by atoms with Crippen molar-refractivity contribution >= 4 is 5.78 Å². The van der Waals surface area contributed by atoms with Crippen molar-refractivity contribution in [3.05, 3.63) is 18.2 Å². The number of aromatic nitrogens is 2. The van der Waals surface area contributed by atoms with Crippen molar-refractivity contribution in [1.29, 1.82) is 0 Å². The van der Waals surface area contributed by atoms with Crippen molar-refractivity contribution in [2.24, 2.45) is 5.92 Å². The molecule has 2 rings (SSSR count). The zero-order chi connectivity index (χ0) is 10.7. The number of carbonyl (C=O) groups is 1. The van der Waals surface area contributed by atoms with E-state index in [9.17, 15) is 4.79 Å². The van der Waals surface area contributed by atoms with Crippen LogP contribution in [0.15, 0.2) is 12.4 Å². The van der Waals surface area contributed by atoms with Crippen molar-refractivity contribution in [1.82, 2.24) is 14.9 Å². The molecule has 4 nitrogen and oxygen atoms in total. The van der Waals surface area contributed by atoms with Crippen LogP contribution in [0.1, 0.15) is 19.2 Å². The van der Waals surface area contributed by atoms with Gasteiger partial charge in [-0.15, -0.1) is 0 Å². The summed E-state index contributed by atoms with van der Waals surface area (Å²) in [6.07, 6.45) is 5.15. The summed E-state index contributed by atoms with van der Waals surface area (Å²) in [6.45, 7) is 4.75. The second-order valence-corrected chi connectivity index (χ2v) is 3.96. The Morgan fingerprint density at radius 2 is 2.60 bits per heavy atom. The van der Waals surface area contributed by atoms with Crippen LogP contribution in [0, 0.1) is 5.92 Å². The SMILES string of the molecule is CCn1ccnc1CC(=O)C1CCNC1. The van der Waals surface area contributed by atoms with E-state index in [1.165, 1.54) is 0 Å². The summed E-state index contributed by atoms with van der Waals surface area (Å²) in [4.78, 5) is 16.1. The first-order chi connectivity index (χ1) is 7.31. The molecular formula is C11H17N3O. The van der Waals surface area contributed by atoms with Crippen LogP contribution in [-0.2, 0) is 17.8 Å². The molecule has 1 unspecified atom stereocenters. The van der Waals surface area contributed by atoms with Crippen LogP contribution >= 0.6 is 0 Å². The summed E-state index contributed by atoms with van der Waals surface area (Å²) in [5, 5.41) is 3.21. The molecule has 15 heavy (non-hydrogen) atoms. The normalized spacial score (nSPS) is 20.7. The standard InChI is InChI=1S/C11H17N3O/c1-2-14-6-5-13-11(14)7-10(15)9-3-4-12-8-9/h5-6,9,12H,2-4,7-8H2,1H3. The molecule has 1 aromatic heterocycles. The molecule has 1 saturated heterocycles. The average Bonchev–Trinajstić information content (AvgIpc) is 2.87. The lowest BCUT2D eigenvalue weighted by molar-refractivity contribution is -0.121. The number of carbonyl (C=O) groups excluding carboxylic acids is 1. The van der Waals surface area contributed by atoms with Gasteiger partial charge in [0.1, 0.15) is 11.6 Å². The fourth-order valence-corrected chi connectivity index (χ4v) is 2.02. The molecule has 82 valence electrons. The van der Waals surface area contributed by atoms with Gasteiger partial charge in [0, 0.05) is 31.4 Å². The van der Waals surface area contributed by atoms with Gasteiger partial charge in [-0.25, -0.2) is 4.98 Å². The van der Waals surface area contributed by atoms with Crippen LogP contribution < -0.4 is 5.32 Å². The van der Waals surface area contributed by atoms with E-state index >= 15 is 0 Å². The number of imidazole rings is 1. The van der Waals surface area contributed by atoms with E-state index < -0.39 is 0 Å². The third-order valence-electron chi connectivity index (χ3n) is 2.99. The van der Waals surface area contributed by atoms with Gasteiger partial charge < -0.3 is 9.88 Å². The molecular weight excluding hydrogens is 190 g/mol. The van der Waals surface area contributed by atoms with Gasteiger partial charge in [0.25, 0.3) is 0 Å². The Hall–Kier alpha value is -1.16. The highest BCUT2D eigenvalue weighted by Crippen LogP contribution is 2.12. The highest BCUT2D eigenvalue weighted by Gasteiger charge is 2.23. The summed E-state index contributed by atoms with van der Waals surface area (Å²) in [5.41, 5.74) is 0. The molecule has 1 fully saturated rings. The van der Waals surface area contributed by atoms with Crippen molar-refractivity contribution < 1.29 is 4.79 Å². The zero-order valence-electron chi connectivity index (χ0n) is 9.07. The number of aryl methyl sites for hydroxylation is 1. The molecule has 1 atom stereocenters. The molecule has 0 bridgehead atoms. The van der Waals surface area contributed by atoms with Crippen molar-refractivity contribution in [2.75, 3.05) is 13.1 Å². The Morgan fingerprint density at radius 1 is 1.73 bits per heavy atom. The van der Waals surface area contributed by atoms with Crippen LogP contribution in [-0.4, -0.2) is 28.4 Å². The Kier molecular flexibility index (Phi) is 3.16. The van der Waals surface area contributed by atoms with Crippen molar-refractivity contribution in [3.63, 3.8) is 0 Å². The number of hydrogen-bond acceptors (Lipinski definition) is 3. The molecule has 1 aliphatic rings. The fraction of sp³-hybridized carbons (Fsp3) is 0.636. The first-order valence-electron chi connectivity index (χ1n) is 5.54. The lowest BCUT2D eigenvalue weighted by atomic mass is 10.0. The summed E-state index contributed by atoms with van der Waals surface area (Å²) in [6, 6.07) is 0. The molecule has 0 amide bonds. The van der Waals surface area contributed by atoms with E-state index in [4.69, 9.17) is 0 Å². The van der Waals surface area contributed by atoms with Gasteiger partial charge in [0.15, 0.2) is 0 Å². The molecule has 0 spiro atoms. The summed E-state index contributed by atoms with van der Waals surface area (Å²) in [7, 11) is 0. The van der Waals surface area contributed by atoms with Crippen LogP contribution in [0.5, 0.6) is 0 Å². The second-order valence-electron chi connectivity index (χ2n) is 3.96. The van der Waals surface area contributed by atoms with E-state index in [-0.39, 0.29) is 5.92 Å². The largest absolute Gasteiger partial charge is 0.335 e. The topological polar surface area (TPSA) is 46.9 Å². The number of nitrogens with zero attached hydrogens (tertiary/aromatic N) is 2. The maximum absolute atomic E-state index is 11.9. The van der Waals surface area contributed by atoms with E-state index in [1.54, 1.807) is 6.20 Å². The Bertz CT molecular complexity index is 339. The van der Waals surface area contributed by atoms with Gasteiger partial charge in [-0.05, 0) is 19.9 Å². The quantitative estimate of drug-likeness (QED) is 0.787. The molecule has 1 N–H and O–H groups in total. The number of hydrogen-bond donors (Lipinski definition) is 1. The lowest BCUT2D eigenvalue weighted by Crippen LogP contribution is -2.21.